The van der Waals surface area contributed by atoms with Crippen LogP contribution in [0.3, 0.4) is 0 Å². The summed E-state index contributed by atoms with van der Waals surface area (Å²) in [5.41, 5.74) is 0.561. The molecule has 1 rings (SSSR count). The van der Waals surface area contributed by atoms with Gasteiger partial charge in [0.25, 0.3) is 0 Å². The monoisotopic (exact) mass is 328 g/mol. The maximum absolute atomic E-state index is 11.9. The van der Waals surface area contributed by atoms with Gasteiger partial charge in [-0.05, 0) is 24.3 Å². The van der Waals surface area contributed by atoms with Gasteiger partial charge in [0.1, 0.15) is 6.61 Å². The number of sulfonamides is 1. The minimum absolute atomic E-state index is 0.0194. The Morgan fingerprint density at radius 1 is 1.09 bits per heavy atom. The number of esters is 1. The third-order valence-electron chi connectivity index (χ3n) is 3.00. The Balaban J connectivity index is 2.78. The number of benzene rings is 1. The highest BCUT2D eigenvalue weighted by Crippen LogP contribution is 2.19. The van der Waals surface area contributed by atoms with Gasteiger partial charge >= 0.3 is 5.97 Å². The number of carbonyl (C=O) groups excluding carboxylic acids is 2. The van der Waals surface area contributed by atoms with Crippen LogP contribution in [0.5, 0.6) is 0 Å². The average molecular weight is 328 g/mol. The highest BCUT2D eigenvalue weighted by Gasteiger charge is 2.18. The molecular formula is C14H20N2O5S. The summed E-state index contributed by atoms with van der Waals surface area (Å²) >= 11 is 0. The third kappa shape index (κ3) is 4.54. The fourth-order valence-electron chi connectivity index (χ4n) is 1.65. The first-order valence-electron chi connectivity index (χ1n) is 6.58. The van der Waals surface area contributed by atoms with Crippen molar-refractivity contribution >= 4 is 27.6 Å². The summed E-state index contributed by atoms with van der Waals surface area (Å²) in [5.74, 6) is -0.668. The lowest BCUT2D eigenvalue weighted by Crippen LogP contribution is -2.27. The van der Waals surface area contributed by atoms with Crippen molar-refractivity contribution < 1.29 is 22.7 Å². The van der Waals surface area contributed by atoms with E-state index in [0.717, 1.165) is 4.31 Å². The zero-order valence-corrected chi connectivity index (χ0v) is 13.9. The quantitative estimate of drug-likeness (QED) is 0.723. The van der Waals surface area contributed by atoms with Crippen molar-refractivity contribution in [3.63, 3.8) is 0 Å². The Labute approximate surface area is 130 Å². The van der Waals surface area contributed by atoms with Gasteiger partial charge in [-0.15, -0.1) is 0 Å². The van der Waals surface area contributed by atoms with Gasteiger partial charge in [-0.25, -0.2) is 12.7 Å². The minimum Gasteiger partial charge on any atom is -0.465 e. The van der Waals surface area contributed by atoms with Crippen molar-refractivity contribution in [2.45, 2.75) is 18.2 Å². The molecule has 7 nitrogen and oxygen atoms in total. The fourth-order valence-corrected chi connectivity index (χ4v) is 2.55. The third-order valence-corrected chi connectivity index (χ3v) is 4.83. The zero-order chi connectivity index (χ0) is 16.9. The predicted molar refractivity (Wildman–Crippen MR) is 82.0 cm³/mol. The molecule has 0 aliphatic heterocycles. The van der Waals surface area contributed by atoms with Crippen LogP contribution in [0.1, 0.15) is 13.3 Å². The van der Waals surface area contributed by atoms with Crippen molar-refractivity contribution in [2.75, 3.05) is 32.6 Å². The maximum atomic E-state index is 11.9. The van der Waals surface area contributed by atoms with E-state index in [9.17, 15) is 18.0 Å². The Bertz CT molecular complexity index is 638. The van der Waals surface area contributed by atoms with E-state index in [1.54, 1.807) is 19.2 Å². The lowest BCUT2D eigenvalue weighted by Gasteiger charge is -2.18. The molecule has 1 aromatic rings. The van der Waals surface area contributed by atoms with Crippen LogP contribution in [0.25, 0.3) is 0 Å². The molecule has 0 aromatic heterocycles. The minimum atomic E-state index is -3.49. The van der Waals surface area contributed by atoms with Gasteiger partial charge in [-0.3, -0.25) is 9.59 Å². The highest BCUT2D eigenvalue weighted by atomic mass is 32.2. The molecule has 22 heavy (non-hydrogen) atoms. The Morgan fingerprint density at radius 2 is 1.64 bits per heavy atom. The molecule has 0 heterocycles. The summed E-state index contributed by atoms with van der Waals surface area (Å²) in [4.78, 5) is 24.1. The molecule has 8 heteroatoms. The first kappa shape index (κ1) is 18.1. The van der Waals surface area contributed by atoms with Gasteiger partial charge in [-0.1, -0.05) is 0 Å². The van der Waals surface area contributed by atoms with E-state index < -0.39 is 16.0 Å². The molecule has 0 N–H and O–H groups in total. The number of anilines is 1. The highest BCUT2D eigenvalue weighted by molar-refractivity contribution is 7.89. The van der Waals surface area contributed by atoms with Crippen molar-refractivity contribution in [1.82, 2.24) is 4.31 Å². The van der Waals surface area contributed by atoms with Gasteiger partial charge in [0.05, 0.1) is 11.3 Å². The smallest absolute Gasteiger partial charge is 0.302 e. The molecule has 0 radical (unpaired) electrons. The van der Waals surface area contributed by atoms with E-state index in [2.05, 4.69) is 0 Å². The fraction of sp³-hybridized carbons (Fsp3) is 0.429. The van der Waals surface area contributed by atoms with Crippen LogP contribution in [-0.2, 0) is 24.3 Å². The zero-order valence-electron chi connectivity index (χ0n) is 13.1. The second-order valence-corrected chi connectivity index (χ2v) is 6.98. The number of rotatable bonds is 6. The van der Waals surface area contributed by atoms with Crippen molar-refractivity contribution in [2.24, 2.45) is 0 Å². The lowest BCUT2D eigenvalue weighted by atomic mass is 10.3. The van der Waals surface area contributed by atoms with E-state index in [1.165, 1.54) is 38.1 Å². The molecule has 1 amide bonds. The summed E-state index contributed by atoms with van der Waals surface area (Å²) in [6.45, 7) is 1.30. The molecular weight excluding hydrogens is 308 g/mol. The molecule has 0 fully saturated rings. The molecule has 122 valence electrons. The molecule has 0 aliphatic carbocycles. The summed E-state index contributed by atoms with van der Waals surface area (Å²) in [6, 6.07) is 6.00. The van der Waals surface area contributed by atoms with Gasteiger partial charge < -0.3 is 9.64 Å². The second kappa shape index (κ2) is 7.37. The molecule has 0 spiro atoms. The number of carbonyl (C=O) groups is 2. The van der Waals surface area contributed by atoms with Crippen LogP contribution in [0.2, 0.25) is 0 Å². The molecule has 0 saturated heterocycles. The van der Waals surface area contributed by atoms with E-state index in [0.29, 0.717) is 5.69 Å². The molecule has 1 aromatic carbocycles. The first-order chi connectivity index (χ1) is 10.2. The van der Waals surface area contributed by atoms with Gasteiger partial charge in [0, 0.05) is 33.8 Å². The topological polar surface area (TPSA) is 84.0 Å². The Morgan fingerprint density at radius 3 is 2.09 bits per heavy atom. The van der Waals surface area contributed by atoms with E-state index in [4.69, 9.17) is 4.74 Å². The predicted octanol–water partition coefficient (Wildman–Crippen LogP) is 0.853. The van der Waals surface area contributed by atoms with Crippen LogP contribution in [0.4, 0.5) is 5.69 Å². The van der Waals surface area contributed by atoms with Gasteiger partial charge in [0.15, 0.2) is 0 Å². The number of hydrogen-bond donors (Lipinski definition) is 0. The summed E-state index contributed by atoms with van der Waals surface area (Å²) in [5, 5.41) is 0. The lowest BCUT2D eigenvalue weighted by molar-refractivity contribution is -0.141. The van der Waals surface area contributed by atoms with Crippen LogP contribution >= 0.6 is 0 Å². The number of amides is 1. The van der Waals surface area contributed by atoms with Crippen molar-refractivity contribution in [1.29, 1.82) is 0 Å². The SMILES string of the molecule is CC(=O)OCCC(=O)N(C)c1ccc(S(=O)(=O)N(C)C)cc1. The Kier molecular flexibility index (Phi) is 6.07. The largest absolute Gasteiger partial charge is 0.465 e. The summed E-state index contributed by atoms with van der Waals surface area (Å²) in [6.07, 6.45) is 0.0633. The van der Waals surface area contributed by atoms with Crippen molar-refractivity contribution in [3.05, 3.63) is 24.3 Å². The van der Waals surface area contributed by atoms with Gasteiger partial charge in [0.2, 0.25) is 15.9 Å². The standard InChI is InChI=1S/C14H20N2O5S/c1-11(17)21-10-9-14(18)16(4)12-5-7-13(8-6-12)22(19,20)15(2)3/h5-8H,9-10H2,1-4H3. The molecule has 0 aliphatic rings. The normalized spacial score (nSPS) is 11.3. The first-order valence-corrected chi connectivity index (χ1v) is 8.02. The Hall–Kier alpha value is -1.93. The van der Waals surface area contributed by atoms with E-state index in [-0.39, 0.29) is 23.8 Å². The molecule has 0 saturated carbocycles. The average Bonchev–Trinajstić information content (AvgIpc) is 2.45. The number of nitrogens with zero attached hydrogens (tertiary/aromatic N) is 2. The van der Waals surface area contributed by atoms with Gasteiger partial charge in [-0.2, -0.15) is 0 Å². The van der Waals surface area contributed by atoms with Crippen LogP contribution in [0, 0.1) is 0 Å². The van der Waals surface area contributed by atoms with Crippen LogP contribution in [0.15, 0.2) is 29.2 Å². The number of ether oxygens (including phenoxy) is 1. The molecule has 0 unspecified atom stereocenters. The molecule has 0 atom stereocenters. The van der Waals surface area contributed by atoms with Crippen LogP contribution in [-0.4, -0.2) is 52.3 Å². The number of hydrogen-bond acceptors (Lipinski definition) is 5. The van der Waals surface area contributed by atoms with E-state index in [1.807, 2.05) is 0 Å². The summed E-state index contributed by atoms with van der Waals surface area (Å²) in [7, 11) is 0.989. The second-order valence-electron chi connectivity index (χ2n) is 4.82. The van der Waals surface area contributed by atoms with Crippen molar-refractivity contribution in [3.8, 4) is 0 Å². The summed E-state index contributed by atoms with van der Waals surface area (Å²) < 4.78 is 29.7. The maximum Gasteiger partial charge on any atom is 0.302 e. The molecule has 0 bridgehead atoms. The van der Waals surface area contributed by atoms with Crippen LogP contribution < -0.4 is 4.90 Å². The van der Waals surface area contributed by atoms with E-state index >= 15 is 0 Å².